The molecule has 0 spiro atoms. The first-order chi connectivity index (χ1) is 28.5. The first-order valence-electron chi connectivity index (χ1n) is 22.2. The molecule has 2 aliphatic carbocycles. The minimum atomic E-state index is -2.97. The first kappa shape index (κ1) is 47.6. The van der Waals surface area contributed by atoms with Crippen LogP contribution in [0.4, 0.5) is 0 Å². The number of benzene rings is 6. The van der Waals surface area contributed by atoms with Gasteiger partial charge in [0.15, 0.2) is 0 Å². The van der Waals surface area contributed by atoms with Gasteiger partial charge in [-0.25, -0.2) is 0 Å². The molecule has 6 aromatic rings. The van der Waals surface area contributed by atoms with Gasteiger partial charge in [-0.1, -0.05) is 0 Å². The van der Waals surface area contributed by atoms with Gasteiger partial charge in [-0.3, -0.25) is 0 Å². The summed E-state index contributed by atoms with van der Waals surface area (Å²) < 4.78 is 5.19. The van der Waals surface area contributed by atoms with E-state index in [1.807, 2.05) is 0 Å². The molecule has 0 unspecified atom stereocenters. The Labute approximate surface area is 394 Å². The third-order valence-corrected chi connectivity index (χ3v) is 20.7. The molecule has 0 atom stereocenters. The molecule has 0 N–H and O–H groups in total. The van der Waals surface area contributed by atoms with Crippen LogP contribution in [0.5, 0.6) is 0 Å². The van der Waals surface area contributed by atoms with Gasteiger partial charge in [0.05, 0.1) is 0 Å². The molecule has 0 radical (unpaired) electrons. The van der Waals surface area contributed by atoms with E-state index in [4.69, 9.17) is 0 Å². The number of aryl methyl sites for hydroxylation is 6. The smallest absolute Gasteiger partial charge is 1.00 e. The van der Waals surface area contributed by atoms with Gasteiger partial charge in [-0.05, 0) is 0 Å². The molecule has 0 aliphatic heterocycles. The molecule has 0 fully saturated rings. The number of hydrogen-bond donors (Lipinski definition) is 0. The van der Waals surface area contributed by atoms with Crippen LogP contribution < -0.4 is 28.1 Å². The van der Waals surface area contributed by atoms with Gasteiger partial charge in [-0.15, -0.1) is 0 Å². The summed E-state index contributed by atoms with van der Waals surface area (Å²) in [6.07, 6.45) is 11.4. The summed E-state index contributed by atoms with van der Waals surface area (Å²) in [5.74, 6) is 0. The second-order valence-electron chi connectivity index (χ2n) is 20.1. The molecule has 0 bridgehead atoms. The van der Waals surface area contributed by atoms with Gasteiger partial charge in [0.1, 0.15) is 0 Å². The molecule has 6 aromatic carbocycles. The van der Waals surface area contributed by atoms with Crippen molar-refractivity contribution in [1.29, 1.82) is 0 Å². The topological polar surface area (TPSA) is 0 Å². The van der Waals surface area contributed by atoms with Crippen LogP contribution in [0.25, 0.3) is 33.4 Å². The SMILES string of the molecule is Cc1cc(C)c(-c2cc3c(cc2C(C)(C)C)-c2cc(C(C)(C)C)c(-c4c(C)cc(C)cc4C)[c]([Zr+2]([C]4=CC=CC4)=[C](Cc4ccccc4)Cc4ccccc4)c2C3)c(C)c1.[Cl-].[Cl-]. The average molecular weight is 935 g/mol. The second-order valence-corrected chi connectivity index (χ2v) is 26.5. The molecule has 2 aliphatic rings. The van der Waals surface area contributed by atoms with Gasteiger partial charge in [-0.2, -0.15) is 0 Å². The quantitative estimate of drug-likeness (QED) is 0.143. The number of halogens is 2. The summed E-state index contributed by atoms with van der Waals surface area (Å²) in [6, 6.07) is 40.3. The molecule has 0 saturated heterocycles. The van der Waals surface area contributed by atoms with Gasteiger partial charge >= 0.3 is 372 Å². The Bertz CT molecular complexity index is 2660. The number of hydrogen-bond acceptors (Lipinski definition) is 0. The summed E-state index contributed by atoms with van der Waals surface area (Å²) in [5.41, 5.74) is 25.7. The van der Waals surface area contributed by atoms with E-state index in [0.29, 0.717) is 0 Å². The van der Waals surface area contributed by atoms with Crippen LogP contribution >= 0.6 is 0 Å². The van der Waals surface area contributed by atoms with E-state index < -0.39 is 21.3 Å². The molecule has 0 aromatic heterocycles. The van der Waals surface area contributed by atoms with E-state index >= 15 is 0 Å². The Morgan fingerprint density at radius 1 is 0.532 bits per heavy atom. The molecule has 62 heavy (non-hydrogen) atoms. The molecular formula is C59H64Cl2Zr. The average Bonchev–Trinajstić information content (AvgIpc) is 3.82. The zero-order valence-electron chi connectivity index (χ0n) is 39.1. The maximum atomic E-state index is 2.67. The van der Waals surface area contributed by atoms with Crippen molar-refractivity contribution < 1.29 is 46.1 Å². The van der Waals surface area contributed by atoms with Crippen molar-refractivity contribution in [3.05, 3.63) is 191 Å². The maximum Gasteiger partial charge on any atom is -1.00 e. The third-order valence-electron chi connectivity index (χ3n) is 13.0. The third kappa shape index (κ3) is 9.34. The largest absolute Gasteiger partial charge is 1.00 e. The monoisotopic (exact) mass is 932 g/mol. The van der Waals surface area contributed by atoms with Crippen LogP contribution in [0.15, 0.2) is 125 Å². The molecule has 318 valence electrons. The maximum absolute atomic E-state index is 2.97. The molecule has 8 rings (SSSR count). The minimum absolute atomic E-state index is 0. The summed E-state index contributed by atoms with van der Waals surface area (Å²) >= 11 is -2.97. The fraction of sp³-hybridized carbons (Fsp3) is 0.305. The summed E-state index contributed by atoms with van der Waals surface area (Å²) in [4.78, 5) is 0. The van der Waals surface area contributed by atoms with Crippen LogP contribution in [0.3, 0.4) is 0 Å². The Morgan fingerprint density at radius 3 is 1.48 bits per heavy atom. The van der Waals surface area contributed by atoms with E-state index in [1.165, 1.54) is 89.0 Å². The van der Waals surface area contributed by atoms with E-state index in [0.717, 1.165) is 25.7 Å². The van der Waals surface area contributed by atoms with Crippen LogP contribution in [-0.2, 0) is 51.4 Å². The number of rotatable bonds is 8. The summed E-state index contributed by atoms with van der Waals surface area (Å²) in [5, 5.41) is 0. The van der Waals surface area contributed by atoms with Crippen molar-refractivity contribution in [2.45, 2.75) is 120 Å². The van der Waals surface area contributed by atoms with E-state index in [1.54, 1.807) is 20.9 Å². The van der Waals surface area contributed by atoms with Crippen molar-refractivity contribution in [3.63, 3.8) is 0 Å². The fourth-order valence-electron chi connectivity index (χ4n) is 10.6. The molecular weight excluding hydrogens is 871 g/mol. The van der Waals surface area contributed by atoms with E-state index in [9.17, 15) is 0 Å². The normalized spacial score (nSPS) is 12.8. The molecule has 0 heterocycles. The standard InChI is InChI=1S/C39H45.C15H14.C5H5.2ClH.Zr/c1-22-13-24(3)36(25(4)14-22)32-18-28-17-29-19-33(37-26(5)15-23(2)16-27(37)6)35(39(10,11)12)21-31(29)30(28)20-34(32)38(7,8)9;1-3-8-14(9-4-1)12-7-13-15-10-5-2-6-11-15;1-2-4-5-3-1;;;/h13-16,18,20-21H,17H2,1-12H3;1-6,8-11H,12-13H2;1-3H,4H2;2*1H;/q;;;;;+2/p-2. The molecule has 0 amide bonds. The van der Waals surface area contributed by atoms with Crippen LogP contribution in [0.2, 0.25) is 0 Å². The predicted octanol–water partition coefficient (Wildman–Crippen LogP) is 8.79. The predicted molar refractivity (Wildman–Crippen MR) is 258 cm³/mol. The van der Waals surface area contributed by atoms with Crippen LogP contribution in [0, 0.1) is 41.5 Å². The Balaban J connectivity index is 0.00000321. The summed E-state index contributed by atoms with van der Waals surface area (Å²) in [6.45, 7) is 28.5. The van der Waals surface area contributed by atoms with E-state index in [-0.39, 0.29) is 35.6 Å². The Hall–Kier alpha value is -3.87. The summed E-state index contributed by atoms with van der Waals surface area (Å²) in [7, 11) is 0. The molecule has 0 saturated carbocycles. The minimum Gasteiger partial charge on any atom is -1.00 e. The second kappa shape index (κ2) is 18.7. The molecule has 3 heteroatoms. The first-order valence-corrected chi connectivity index (χ1v) is 25.9. The number of fused-ring (bicyclic) bond motifs is 3. The van der Waals surface area contributed by atoms with Gasteiger partial charge < -0.3 is 24.8 Å². The van der Waals surface area contributed by atoms with Crippen molar-refractivity contribution in [1.82, 2.24) is 0 Å². The van der Waals surface area contributed by atoms with Crippen molar-refractivity contribution in [2.24, 2.45) is 0 Å². The van der Waals surface area contributed by atoms with Gasteiger partial charge in [0, 0.05) is 0 Å². The zero-order chi connectivity index (χ0) is 42.7. The number of allylic oxidation sites excluding steroid dienone is 4. The van der Waals surface area contributed by atoms with Crippen LogP contribution in [-0.4, -0.2) is 3.21 Å². The van der Waals surface area contributed by atoms with Crippen molar-refractivity contribution in [3.8, 4) is 33.4 Å². The zero-order valence-corrected chi connectivity index (χ0v) is 43.1. The Morgan fingerprint density at radius 2 is 1.02 bits per heavy atom. The van der Waals surface area contributed by atoms with Crippen LogP contribution in [0.1, 0.15) is 115 Å². The Kier molecular flexibility index (Phi) is 14.4. The molecule has 0 nitrogen and oxygen atoms in total. The van der Waals surface area contributed by atoms with Gasteiger partial charge in [0.2, 0.25) is 0 Å². The van der Waals surface area contributed by atoms with Crippen molar-refractivity contribution in [2.75, 3.05) is 0 Å². The van der Waals surface area contributed by atoms with Gasteiger partial charge in [0.25, 0.3) is 0 Å². The fourth-order valence-corrected chi connectivity index (χ4v) is 19.3. The van der Waals surface area contributed by atoms with E-state index in [2.05, 4.69) is 204 Å². The van der Waals surface area contributed by atoms with Crippen molar-refractivity contribution >= 4 is 6.48 Å².